The van der Waals surface area contributed by atoms with Crippen molar-refractivity contribution >= 4 is 74.6 Å². The highest BCUT2D eigenvalue weighted by molar-refractivity contribution is 8.01. The number of benzene rings is 3. The zero-order valence-corrected chi connectivity index (χ0v) is 21.3. The molecule has 0 aliphatic heterocycles. The molecule has 0 fully saturated rings. The van der Waals surface area contributed by atoms with Crippen LogP contribution in [0, 0.1) is 0 Å². The van der Waals surface area contributed by atoms with Gasteiger partial charge in [0, 0.05) is 5.02 Å². The number of para-hydroxylation sites is 1. The highest BCUT2D eigenvalue weighted by Gasteiger charge is 2.16. The van der Waals surface area contributed by atoms with Crippen molar-refractivity contribution in [2.75, 3.05) is 12.9 Å². The van der Waals surface area contributed by atoms with Crippen molar-refractivity contribution in [3.8, 4) is 11.5 Å². The van der Waals surface area contributed by atoms with Crippen LogP contribution >= 0.6 is 46.3 Å². The summed E-state index contributed by atoms with van der Waals surface area (Å²) in [5.74, 6) is -0.211. The number of carbonyl (C=O) groups is 2. The quantitative estimate of drug-likeness (QED) is 0.0949. The van der Waals surface area contributed by atoms with E-state index in [2.05, 4.69) is 15.5 Å². The van der Waals surface area contributed by atoms with E-state index in [9.17, 15) is 9.59 Å². The van der Waals surface area contributed by atoms with Crippen molar-refractivity contribution in [1.82, 2.24) is 10.4 Å². The number of rotatable bonds is 8. The molecule has 4 aromatic rings. The Labute approximate surface area is 219 Å². The fraction of sp³-hybridized carbons (Fsp3) is 0.0833. The minimum atomic E-state index is -0.649. The van der Waals surface area contributed by atoms with Gasteiger partial charge in [0.25, 0.3) is 5.91 Å². The van der Waals surface area contributed by atoms with Crippen LogP contribution in [0.2, 0.25) is 10.0 Å². The number of ether oxygens (including phenoxy) is 2. The van der Waals surface area contributed by atoms with Crippen LogP contribution in [0.15, 0.2) is 70.1 Å². The highest BCUT2D eigenvalue weighted by atomic mass is 35.5. The van der Waals surface area contributed by atoms with Gasteiger partial charge in [0.2, 0.25) is 0 Å². The molecule has 1 heterocycles. The Bertz CT molecular complexity index is 1390. The van der Waals surface area contributed by atoms with E-state index in [-0.39, 0.29) is 28.0 Å². The summed E-state index contributed by atoms with van der Waals surface area (Å²) in [5.41, 5.74) is 4.21. The van der Waals surface area contributed by atoms with Gasteiger partial charge in [-0.15, -0.1) is 11.3 Å². The Hall–Kier alpha value is -3.11. The Balaban J connectivity index is 1.33. The van der Waals surface area contributed by atoms with Crippen LogP contribution in [-0.4, -0.2) is 35.9 Å². The maximum atomic E-state index is 12.5. The third-order valence-corrected chi connectivity index (χ3v) is 7.27. The van der Waals surface area contributed by atoms with Crippen LogP contribution in [0.3, 0.4) is 0 Å². The Kier molecular flexibility index (Phi) is 8.25. The number of amides is 1. The Morgan fingerprint density at radius 2 is 1.94 bits per heavy atom. The van der Waals surface area contributed by atoms with Gasteiger partial charge in [0.15, 0.2) is 15.8 Å². The number of nitrogens with one attached hydrogen (secondary N) is 1. The largest absolute Gasteiger partial charge is 0.493 e. The predicted molar refractivity (Wildman–Crippen MR) is 140 cm³/mol. The number of thioether (sulfide) groups is 1. The third-order valence-electron chi connectivity index (χ3n) is 4.55. The topological polar surface area (TPSA) is 89.9 Å². The van der Waals surface area contributed by atoms with Crippen LogP contribution in [0.1, 0.15) is 15.9 Å². The zero-order valence-electron chi connectivity index (χ0n) is 18.2. The number of hydrazone groups is 1. The molecule has 11 heteroatoms. The number of fused-ring (bicyclic) bond motifs is 1. The lowest BCUT2D eigenvalue weighted by Crippen LogP contribution is -2.19. The number of hydrogen-bond donors (Lipinski definition) is 1. The number of thiazole rings is 1. The molecule has 3 aromatic carbocycles. The molecule has 0 radical (unpaired) electrons. The first kappa shape index (κ1) is 25.0. The van der Waals surface area contributed by atoms with Crippen LogP contribution in [0.4, 0.5) is 0 Å². The van der Waals surface area contributed by atoms with Gasteiger partial charge in [-0.05, 0) is 54.1 Å². The fourth-order valence-electron chi connectivity index (χ4n) is 2.91. The van der Waals surface area contributed by atoms with Crippen molar-refractivity contribution in [2.45, 2.75) is 4.34 Å². The number of halogens is 2. The van der Waals surface area contributed by atoms with Gasteiger partial charge in [-0.25, -0.2) is 15.2 Å². The molecule has 0 spiro atoms. The second kappa shape index (κ2) is 11.5. The molecule has 1 aromatic heterocycles. The van der Waals surface area contributed by atoms with Crippen molar-refractivity contribution in [2.24, 2.45) is 5.10 Å². The summed E-state index contributed by atoms with van der Waals surface area (Å²) >= 11 is 14.8. The van der Waals surface area contributed by atoms with Crippen molar-refractivity contribution in [3.05, 3.63) is 81.8 Å². The second-order valence-corrected chi connectivity index (χ2v) is 10.1. The molecule has 0 aliphatic rings. The van der Waals surface area contributed by atoms with E-state index in [0.717, 1.165) is 14.6 Å². The molecule has 0 unspecified atom stereocenters. The molecule has 1 N–H and O–H groups in total. The maximum absolute atomic E-state index is 12.5. The summed E-state index contributed by atoms with van der Waals surface area (Å²) in [6, 6.07) is 17.2. The molecule has 0 atom stereocenters. The van der Waals surface area contributed by atoms with Gasteiger partial charge in [-0.2, -0.15) is 5.10 Å². The summed E-state index contributed by atoms with van der Waals surface area (Å²) < 4.78 is 12.6. The van der Waals surface area contributed by atoms with Gasteiger partial charge in [0.1, 0.15) is 0 Å². The molecule has 35 heavy (non-hydrogen) atoms. The van der Waals surface area contributed by atoms with Crippen molar-refractivity contribution < 1.29 is 19.1 Å². The number of nitrogens with zero attached hydrogens (tertiary/aromatic N) is 2. The average Bonchev–Trinajstić information content (AvgIpc) is 3.26. The van der Waals surface area contributed by atoms with Gasteiger partial charge in [-0.1, -0.05) is 47.1 Å². The zero-order chi connectivity index (χ0) is 24.8. The normalized spacial score (nSPS) is 11.1. The molecular formula is C24H17Cl2N3O4S2. The van der Waals surface area contributed by atoms with E-state index in [4.69, 9.17) is 32.7 Å². The molecule has 0 saturated carbocycles. The summed E-state index contributed by atoms with van der Waals surface area (Å²) in [6.45, 7) is 0. The number of hydrogen-bond acceptors (Lipinski definition) is 8. The second-order valence-electron chi connectivity index (χ2n) is 6.95. The minimum absolute atomic E-state index is 0.176. The molecule has 178 valence electrons. The molecule has 4 rings (SSSR count). The third kappa shape index (κ3) is 6.52. The van der Waals surface area contributed by atoms with Crippen LogP contribution < -0.4 is 14.9 Å². The lowest BCUT2D eigenvalue weighted by Gasteiger charge is -2.10. The van der Waals surface area contributed by atoms with Crippen LogP contribution in [0.5, 0.6) is 11.5 Å². The fourth-order valence-corrected chi connectivity index (χ4v) is 5.26. The maximum Gasteiger partial charge on any atom is 0.345 e. The smallest absolute Gasteiger partial charge is 0.345 e. The summed E-state index contributed by atoms with van der Waals surface area (Å²) in [6.07, 6.45) is 1.46. The van der Waals surface area contributed by atoms with Crippen LogP contribution in [-0.2, 0) is 4.79 Å². The van der Waals surface area contributed by atoms with Crippen LogP contribution in [0.25, 0.3) is 10.2 Å². The first-order valence-corrected chi connectivity index (χ1v) is 12.6. The van der Waals surface area contributed by atoms with E-state index in [0.29, 0.717) is 16.3 Å². The molecule has 0 saturated heterocycles. The minimum Gasteiger partial charge on any atom is -0.493 e. The lowest BCUT2D eigenvalue weighted by molar-refractivity contribution is -0.118. The number of aromatic nitrogens is 1. The molecule has 0 aliphatic carbocycles. The molecule has 0 bridgehead atoms. The number of esters is 1. The molecular weight excluding hydrogens is 529 g/mol. The van der Waals surface area contributed by atoms with E-state index >= 15 is 0 Å². The van der Waals surface area contributed by atoms with Crippen molar-refractivity contribution in [3.63, 3.8) is 0 Å². The molecule has 7 nitrogen and oxygen atoms in total. The van der Waals surface area contributed by atoms with Gasteiger partial charge < -0.3 is 9.47 Å². The first-order chi connectivity index (χ1) is 16.9. The first-order valence-electron chi connectivity index (χ1n) is 10.1. The van der Waals surface area contributed by atoms with E-state index in [1.807, 2.05) is 24.3 Å². The lowest BCUT2D eigenvalue weighted by atomic mass is 10.2. The monoisotopic (exact) mass is 545 g/mol. The summed E-state index contributed by atoms with van der Waals surface area (Å²) in [5, 5.41) is 4.58. The highest BCUT2D eigenvalue weighted by Crippen LogP contribution is 2.30. The SMILES string of the molecule is COc1cc(/C=N/NC(=O)CSc2nc3ccccc3s2)ccc1OC(=O)c1ccc(Cl)cc1Cl. The predicted octanol–water partition coefficient (Wildman–Crippen LogP) is 6.07. The van der Waals surface area contributed by atoms with E-state index < -0.39 is 5.97 Å². The summed E-state index contributed by atoms with van der Waals surface area (Å²) in [7, 11) is 1.45. The van der Waals surface area contributed by atoms with E-state index in [1.165, 1.54) is 48.6 Å². The van der Waals surface area contributed by atoms with Crippen molar-refractivity contribution in [1.29, 1.82) is 0 Å². The van der Waals surface area contributed by atoms with E-state index in [1.54, 1.807) is 24.3 Å². The average molecular weight is 546 g/mol. The van der Waals surface area contributed by atoms with Gasteiger partial charge in [-0.3, -0.25) is 4.79 Å². The molecule has 1 amide bonds. The number of carbonyl (C=O) groups excluding carboxylic acids is 2. The van der Waals surface area contributed by atoms with Gasteiger partial charge in [0.05, 0.1) is 39.9 Å². The summed E-state index contributed by atoms with van der Waals surface area (Å²) in [4.78, 5) is 29.1. The Morgan fingerprint density at radius 1 is 1.11 bits per heavy atom. The standard InChI is InChI=1S/C24H17Cl2N3O4S2/c1-32-20-10-14(6-9-19(20)33-23(31)16-8-7-15(25)11-17(16)26)12-27-29-22(30)13-34-24-28-18-4-2-3-5-21(18)35-24/h2-12H,13H2,1H3,(H,29,30)/b27-12+. The van der Waals surface area contributed by atoms with Gasteiger partial charge >= 0.3 is 5.97 Å². The number of methoxy groups -OCH3 is 1. The Morgan fingerprint density at radius 3 is 2.71 bits per heavy atom.